The van der Waals surface area contributed by atoms with Gasteiger partial charge in [-0.1, -0.05) is 35.6 Å². The van der Waals surface area contributed by atoms with Gasteiger partial charge in [0.2, 0.25) is 0 Å². The second kappa shape index (κ2) is 9.68. The minimum absolute atomic E-state index is 0.143. The van der Waals surface area contributed by atoms with Crippen LogP contribution in [-0.4, -0.2) is 46.1 Å². The number of carbonyl (C=O) groups is 2. The predicted octanol–water partition coefficient (Wildman–Crippen LogP) is 2.66. The normalized spacial score (nSPS) is 36.6. The van der Waals surface area contributed by atoms with Crippen LogP contribution in [0.2, 0.25) is 0 Å². The first kappa shape index (κ1) is 22.1. The standard InChI is InChI=1S/C18H27IO6/c1-11-5-6-15(24-13(3)20)18(4,23)8-7-14(21)9-16(22)25-17(11)12(2)10-19/h5-6,10-11,14-15,17,21,23H,7-9H2,1-4H3/b6-5-,12-10+/t11-,14+,15-,17-,18+/m0/s1. The first-order valence-electron chi connectivity index (χ1n) is 8.29. The lowest BCUT2D eigenvalue weighted by Gasteiger charge is -2.32. The van der Waals surface area contributed by atoms with Crippen LogP contribution in [0.15, 0.2) is 21.8 Å². The van der Waals surface area contributed by atoms with Gasteiger partial charge >= 0.3 is 11.9 Å². The van der Waals surface area contributed by atoms with Gasteiger partial charge in [0.15, 0.2) is 0 Å². The summed E-state index contributed by atoms with van der Waals surface area (Å²) in [6, 6.07) is 0. The maximum Gasteiger partial charge on any atom is 0.309 e. The molecule has 0 unspecified atom stereocenters. The third-order valence-corrected chi connectivity index (χ3v) is 5.22. The van der Waals surface area contributed by atoms with Crippen molar-refractivity contribution in [2.45, 2.75) is 70.9 Å². The topological polar surface area (TPSA) is 93.1 Å². The van der Waals surface area contributed by atoms with Gasteiger partial charge in [-0.2, -0.15) is 0 Å². The number of hydrogen-bond donors (Lipinski definition) is 2. The molecular formula is C18H27IO6. The van der Waals surface area contributed by atoms with Crippen molar-refractivity contribution in [1.82, 2.24) is 0 Å². The largest absolute Gasteiger partial charge is 0.457 e. The Balaban J connectivity index is 3.20. The highest BCUT2D eigenvalue weighted by atomic mass is 127. The Hall–Kier alpha value is -0.930. The molecule has 0 fully saturated rings. The Morgan fingerprint density at radius 1 is 1.44 bits per heavy atom. The molecule has 1 heterocycles. The molecule has 0 aromatic carbocycles. The lowest BCUT2D eigenvalue weighted by atomic mass is 9.89. The van der Waals surface area contributed by atoms with Crippen molar-refractivity contribution < 1.29 is 29.3 Å². The summed E-state index contributed by atoms with van der Waals surface area (Å²) in [7, 11) is 0. The van der Waals surface area contributed by atoms with Crippen LogP contribution >= 0.6 is 22.6 Å². The van der Waals surface area contributed by atoms with E-state index in [2.05, 4.69) is 22.6 Å². The molecule has 0 radical (unpaired) electrons. The quantitative estimate of drug-likeness (QED) is 0.370. The van der Waals surface area contributed by atoms with Gasteiger partial charge in [0.05, 0.1) is 12.5 Å². The van der Waals surface area contributed by atoms with Gasteiger partial charge in [0.1, 0.15) is 17.8 Å². The molecule has 0 spiro atoms. The average molecular weight is 466 g/mol. The van der Waals surface area contributed by atoms with E-state index in [0.717, 1.165) is 5.57 Å². The van der Waals surface area contributed by atoms with E-state index in [0.29, 0.717) is 0 Å². The summed E-state index contributed by atoms with van der Waals surface area (Å²) < 4.78 is 12.6. The van der Waals surface area contributed by atoms with Crippen molar-refractivity contribution in [3.8, 4) is 0 Å². The average Bonchev–Trinajstić information content (AvgIpc) is 2.52. The molecular weight excluding hydrogens is 439 g/mol. The van der Waals surface area contributed by atoms with Gasteiger partial charge in [-0.05, 0) is 42.4 Å². The molecule has 2 N–H and O–H groups in total. The number of cyclic esters (lactones) is 1. The van der Waals surface area contributed by atoms with Crippen LogP contribution in [0.25, 0.3) is 0 Å². The highest BCUT2D eigenvalue weighted by Crippen LogP contribution is 2.27. The van der Waals surface area contributed by atoms with Crippen molar-refractivity contribution in [2.75, 3.05) is 0 Å². The predicted molar refractivity (Wildman–Crippen MR) is 102 cm³/mol. The van der Waals surface area contributed by atoms with E-state index in [-0.39, 0.29) is 25.2 Å². The number of hydrogen-bond acceptors (Lipinski definition) is 6. The molecule has 0 aliphatic carbocycles. The smallest absolute Gasteiger partial charge is 0.309 e. The number of aliphatic hydroxyl groups is 2. The van der Waals surface area contributed by atoms with Crippen molar-refractivity contribution in [3.05, 3.63) is 21.8 Å². The molecule has 1 aliphatic rings. The number of esters is 2. The molecule has 142 valence electrons. The van der Waals surface area contributed by atoms with Gasteiger partial charge in [0, 0.05) is 12.8 Å². The molecule has 0 saturated carbocycles. The summed E-state index contributed by atoms with van der Waals surface area (Å²) in [5, 5.41) is 20.7. The first-order chi connectivity index (χ1) is 11.6. The molecule has 0 amide bonds. The number of carbonyl (C=O) groups excluding carboxylic acids is 2. The number of aliphatic hydroxyl groups excluding tert-OH is 1. The Labute approximate surface area is 162 Å². The fourth-order valence-electron chi connectivity index (χ4n) is 2.69. The highest BCUT2D eigenvalue weighted by Gasteiger charge is 2.34. The highest BCUT2D eigenvalue weighted by molar-refractivity contribution is 14.1. The van der Waals surface area contributed by atoms with E-state index in [9.17, 15) is 19.8 Å². The summed E-state index contributed by atoms with van der Waals surface area (Å²) in [6.07, 6.45) is 1.36. The molecule has 7 heteroatoms. The van der Waals surface area contributed by atoms with E-state index in [4.69, 9.17) is 9.47 Å². The Morgan fingerprint density at radius 3 is 2.64 bits per heavy atom. The third-order valence-electron chi connectivity index (χ3n) is 4.24. The Morgan fingerprint density at radius 2 is 2.08 bits per heavy atom. The maximum absolute atomic E-state index is 12.1. The van der Waals surface area contributed by atoms with Crippen LogP contribution in [0.1, 0.15) is 47.0 Å². The van der Waals surface area contributed by atoms with E-state index < -0.39 is 35.9 Å². The van der Waals surface area contributed by atoms with Crippen LogP contribution in [0.3, 0.4) is 0 Å². The van der Waals surface area contributed by atoms with Crippen LogP contribution in [0, 0.1) is 5.92 Å². The second-order valence-corrected chi connectivity index (χ2v) is 7.41. The van der Waals surface area contributed by atoms with Crippen molar-refractivity contribution in [3.63, 3.8) is 0 Å². The molecule has 0 aromatic rings. The number of halogens is 1. The van der Waals surface area contributed by atoms with Crippen molar-refractivity contribution in [2.24, 2.45) is 5.92 Å². The number of rotatable bonds is 2. The van der Waals surface area contributed by atoms with Crippen LogP contribution in [-0.2, 0) is 19.1 Å². The van der Waals surface area contributed by atoms with Gasteiger partial charge in [0.25, 0.3) is 0 Å². The molecule has 1 rings (SSSR count). The van der Waals surface area contributed by atoms with Gasteiger partial charge in [-0.3, -0.25) is 9.59 Å². The van der Waals surface area contributed by atoms with Gasteiger partial charge < -0.3 is 19.7 Å². The minimum Gasteiger partial charge on any atom is -0.457 e. The zero-order chi connectivity index (χ0) is 19.2. The van der Waals surface area contributed by atoms with Crippen LogP contribution in [0.4, 0.5) is 0 Å². The van der Waals surface area contributed by atoms with E-state index in [1.165, 1.54) is 6.92 Å². The lowest BCUT2D eigenvalue weighted by Crippen LogP contribution is -2.42. The third kappa shape index (κ3) is 7.07. The molecule has 0 bridgehead atoms. The van der Waals surface area contributed by atoms with E-state index in [1.54, 1.807) is 19.1 Å². The molecule has 0 aromatic heterocycles. The maximum atomic E-state index is 12.1. The molecule has 25 heavy (non-hydrogen) atoms. The second-order valence-electron chi connectivity index (χ2n) is 6.79. The fourth-order valence-corrected chi connectivity index (χ4v) is 3.05. The van der Waals surface area contributed by atoms with E-state index >= 15 is 0 Å². The molecule has 0 saturated heterocycles. The number of ether oxygens (including phenoxy) is 2. The van der Waals surface area contributed by atoms with Crippen molar-refractivity contribution in [1.29, 1.82) is 0 Å². The molecule has 6 nitrogen and oxygen atoms in total. The molecule has 1 aliphatic heterocycles. The van der Waals surface area contributed by atoms with Gasteiger partial charge in [-0.15, -0.1) is 0 Å². The van der Waals surface area contributed by atoms with Gasteiger partial charge in [-0.25, -0.2) is 0 Å². The summed E-state index contributed by atoms with van der Waals surface area (Å²) in [6.45, 7) is 6.57. The summed E-state index contributed by atoms with van der Waals surface area (Å²) in [5.41, 5.74) is -0.483. The summed E-state index contributed by atoms with van der Waals surface area (Å²) >= 11 is 2.08. The van der Waals surface area contributed by atoms with Crippen molar-refractivity contribution >= 4 is 34.5 Å². The zero-order valence-electron chi connectivity index (χ0n) is 15.1. The fraction of sp³-hybridized carbons (Fsp3) is 0.667. The minimum atomic E-state index is -1.35. The Bertz CT molecular complexity index is 540. The zero-order valence-corrected chi connectivity index (χ0v) is 17.2. The SMILES string of the molecule is CC(=O)O[C@H]1/C=C\[C@H](C)[C@@H](/C(C)=C/I)OC(=O)C[C@H](O)CC[C@@]1(C)O. The van der Waals surface area contributed by atoms with E-state index in [1.807, 2.05) is 17.9 Å². The summed E-state index contributed by atoms with van der Waals surface area (Å²) in [4.78, 5) is 23.5. The lowest BCUT2D eigenvalue weighted by molar-refractivity contribution is -0.157. The summed E-state index contributed by atoms with van der Waals surface area (Å²) in [5.74, 6) is -1.17. The van der Waals surface area contributed by atoms with Crippen LogP contribution in [0.5, 0.6) is 0 Å². The monoisotopic (exact) mass is 466 g/mol. The van der Waals surface area contributed by atoms with Crippen LogP contribution < -0.4 is 0 Å². The molecule has 5 atom stereocenters. The first-order valence-corrected chi connectivity index (χ1v) is 9.53. The Kier molecular flexibility index (Phi) is 8.56.